The number of rotatable bonds is 1. The Balaban J connectivity index is 2.04. The number of benzene rings is 1. The van der Waals surface area contributed by atoms with E-state index in [4.69, 9.17) is 23.2 Å². The highest BCUT2D eigenvalue weighted by molar-refractivity contribution is 6.35. The highest BCUT2D eigenvalue weighted by Crippen LogP contribution is 2.49. The molecule has 150 valence electrons. The molecule has 1 atom stereocenters. The minimum Gasteiger partial charge on any atom is -0.356 e. The van der Waals surface area contributed by atoms with Crippen LogP contribution in [0.3, 0.4) is 0 Å². The molecule has 0 radical (unpaired) electrons. The van der Waals surface area contributed by atoms with Crippen LogP contribution in [0.1, 0.15) is 45.2 Å². The first-order valence-corrected chi connectivity index (χ1v) is 10.2. The maximum atomic E-state index is 13.4. The van der Waals surface area contributed by atoms with Crippen LogP contribution in [-0.4, -0.2) is 16.7 Å². The van der Waals surface area contributed by atoms with Crippen molar-refractivity contribution in [3.63, 3.8) is 0 Å². The second kappa shape index (κ2) is 7.15. The summed E-state index contributed by atoms with van der Waals surface area (Å²) in [4.78, 5) is 32.0. The van der Waals surface area contributed by atoms with Crippen LogP contribution in [0.5, 0.6) is 0 Å². The third kappa shape index (κ3) is 3.53. The number of hydrogen-bond acceptors (Lipinski definition) is 4. The van der Waals surface area contributed by atoms with Crippen molar-refractivity contribution in [3.05, 3.63) is 63.5 Å². The molecule has 29 heavy (non-hydrogen) atoms. The Kier molecular flexibility index (Phi) is 4.91. The van der Waals surface area contributed by atoms with E-state index in [-0.39, 0.29) is 17.1 Å². The van der Waals surface area contributed by atoms with Crippen molar-refractivity contribution >= 4 is 46.3 Å². The Bertz CT molecular complexity index is 1060. The van der Waals surface area contributed by atoms with Crippen LogP contribution in [-0.2, 0) is 9.59 Å². The number of halogens is 2. The number of pyridine rings is 1. The maximum Gasteiger partial charge on any atom is 0.224 e. The largest absolute Gasteiger partial charge is 0.356 e. The molecule has 5 nitrogen and oxygen atoms in total. The number of nitrogens with one attached hydrogen (secondary N) is 1. The van der Waals surface area contributed by atoms with Crippen LogP contribution < -0.4 is 10.2 Å². The molecule has 4 rings (SSSR count). The third-order valence-electron chi connectivity index (χ3n) is 5.39. The van der Waals surface area contributed by atoms with Crippen molar-refractivity contribution in [2.45, 2.75) is 39.7 Å². The first-order chi connectivity index (χ1) is 13.7. The summed E-state index contributed by atoms with van der Waals surface area (Å²) in [6.45, 7) is 5.63. The molecule has 2 aromatic rings. The second-order valence-corrected chi connectivity index (χ2v) is 9.15. The first-order valence-electron chi connectivity index (χ1n) is 9.40. The molecule has 1 amide bonds. The van der Waals surface area contributed by atoms with Gasteiger partial charge < -0.3 is 5.32 Å². The van der Waals surface area contributed by atoms with E-state index in [1.165, 1.54) is 6.92 Å². The Morgan fingerprint density at radius 2 is 2.00 bits per heavy atom. The van der Waals surface area contributed by atoms with E-state index in [0.29, 0.717) is 45.4 Å². The van der Waals surface area contributed by atoms with E-state index in [2.05, 4.69) is 24.1 Å². The highest BCUT2D eigenvalue weighted by atomic mass is 35.5. The molecule has 0 bridgehead atoms. The lowest BCUT2D eigenvalue weighted by Crippen LogP contribution is -2.38. The van der Waals surface area contributed by atoms with Crippen molar-refractivity contribution in [2.24, 2.45) is 5.41 Å². The lowest BCUT2D eigenvalue weighted by Gasteiger charge is -2.37. The van der Waals surface area contributed by atoms with Gasteiger partial charge in [-0.1, -0.05) is 43.1 Å². The molecule has 0 spiro atoms. The Morgan fingerprint density at radius 1 is 1.24 bits per heavy atom. The van der Waals surface area contributed by atoms with Crippen LogP contribution in [0.4, 0.5) is 11.4 Å². The van der Waals surface area contributed by atoms with E-state index >= 15 is 0 Å². The molecule has 1 aromatic heterocycles. The van der Waals surface area contributed by atoms with Gasteiger partial charge in [0.2, 0.25) is 5.91 Å². The quantitative estimate of drug-likeness (QED) is 0.644. The summed E-state index contributed by atoms with van der Waals surface area (Å²) < 4.78 is 0. The number of aromatic nitrogens is 1. The summed E-state index contributed by atoms with van der Waals surface area (Å²) in [7, 11) is 0. The molecular formula is C22H21Cl2N3O2. The fourth-order valence-corrected chi connectivity index (χ4v) is 4.77. The average molecular weight is 430 g/mol. The summed E-state index contributed by atoms with van der Waals surface area (Å²) in [6, 6.07) is 6.28. The predicted octanol–water partition coefficient (Wildman–Crippen LogP) is 5.55. The summed E-state index contributed by atoms with van der Waals surface area (Å²) in [5.41, 5.74) is 3.20. The molecule has 2 heterocycles. The Hall–Kier alpha value is -2.37. The van der Waals surface area contributed by atoms with Gasteiger partial charge in [0.25, 0.3) is 0 Å². The van der Waals surface area contributed by atoms with Gasteiger partial charge in [-0.3, -0.25) is 19.5 Å². The number of allylic oxidation sites excluding steroid dienone is 1. The van der Waals surface area contributed by atoms with Crippen molar-refractivity contribution < 1.29 is 9.59 Å². The monoisotopic (exact) mass is 429 g/mol. The predicted molar refractivity (Wildman–Crippen MR) is 115 cm³/mol. The molecular weight excluding hydrogens is 409 g/mol. The van der Waals surface area contributed by atoms with Crippen LogP contribution in [0.15, 0.2) is 47.9 Å². The molecule has 1 aliphatic carbocycles. The number of fused-ring (bicyclic) bond motifs is 1. The Morgan fingerprint density at radius 3 is 2.69 bits per heavy atom. The molecule has 7 heteroatoms. The van der Waals surface area contributed by atoms with Gasteiger partial charge in [0.15, 0.2) is 5.78 Å². The molecule has 1 N–H and O–H groups in total. The van der Waals surface area contributed by atoms with Gasteiger partial charge in [0.1, 0.15) is 0 Å². The fraction of sp³-hybridized carbons (Fsp3) is 0.318. The maximum absolute atomic E-state index is 13.4. The highest BCUT2D eigenvalue weighted by Gasteiger charge is 2.43. The topological polar surface area (TPSA) is 62.3 Å². The zero-order valence-corrected chi connectivity index (χ0v) is 17.9. The van der Waals surface area contributed by atoms with Gasteiger partial charge in [-0.15, -0.1) is 0 Å². The van der Waals surface area contributed by atoms with Crippen molar-refractivity contribution in [1.29, 1.82) is 0 Å². The van der Waals surface area contributed by atoms with Gasteiger partial charge >= 0.3 is 0 Å². The second-order valence-electron chi connectivity index (χ2n) is 8.31. The van der Waals surface area contributed by atoms with Gasteiger partial charge in [0.05, 0.1) is 23.6 Å². The number of carbonyl (C=O) groups is 2. The summed E-state index contributed by atoms with van der Waals surface area (Å²) >= 11 is 12.7. The standard InChI is InChI=1S/C22H21Cl2N3O2/c1-12(28)27-18-6-7-25-11-17(18)26-16-9-22(2,3)10-19(29)20(16)21(27)14-5-4-13(23)8-15(14)24/h4-8,11,21,26H,9-10H2,1-3H3/t21-/m1/s1. The third-order valence-corrected chi connectivity index (χ3v) is 5.95. The zero-order chi connectivity index (χ0) is 20.9. The van der Waals surface area contributed by atoms with Gasteiger partial charge in [0, 0.05) is 40.9 Å². The Labute approximate surface area is 179 Å². The molecule has 1 aromatic carbocycles. The molecule has 0 saturated heterocycles. The van der Waals surface area contributed by atoms with Gasteiger partial charge in [-0.05, 0) is 35.6 Å². The fourth-order valence-electron chi connectivity index (χ4n) is 4.26. The van der Waals surface area contributed by atoms with Crippen LogP contribution in [0.25, 0.3) is 0 Å². The molecule has 2 aliphatic rings. The van der Waals surface area contributed by atoms with Crippen molar-refractivity contribution in [3.8, 4) is 0 Å². The lowest BCUT2D eigenvalue weighted by molar-refractivity contribution is -0.118. The first kappa shape index (κ1) is 19.9. The summed E-state index contributed by atoms with van der Waals surface area (Å²) in [5, 5.41) is 4.30. The van der Waals surface area contributed by atoms with Crippen LogP contribution in [0, 0.1) is 5.41 Å². The molecule has 0 unspecified atom stereocenters. The zero-order valence-electron chi connectivity index (χ0n) is 16.4. The summed E-state index contributed by atoms with van der Waals surface area (Å²) in [6.07, 6.45) is 4.38. The van der Waals surface area contributed by atoms with Crippen LogP contribution >= 0.6 is 23.2 Å². The number of Topliss-reactive ketones (excluding diaryl/α,β-unsaturated/α-hetero) is 1. The van der Waals surface area contributed by atoms with Crippen LogP contribution in [0.2, 0.25) is 10.0 Å². The van der Waals surface area contributed by atoms with Crippen molar-refractivity contribution in [1.82, 2.24) is 4.98 Å². The van der Waals surface area contributed by atoms with E-state index in [1.54, 1.807) is 41.6 Å². The van der Waals surface area contributed by atoms with Crippen molar-refractivity contribution in [2.75, 3.05) is 10.2 Å². The van der Waals surface area contributed by atoms with E-state index in [9.17, 15) is 9.59 Å². The van der Waals surface area contributed by atoms with E-state index in [0.717, 1.165) is 5.70 Å². The lowest BCUT2D eigenvalue weighted by atomic mass is 9.73. The minimum absolute atomic E-state index is 0.00628. The number of ketones is 1. The number of hydrogen-bond donors (Lipinski definition) is 1. The normalized spacial score (nSPS) is 20.5. The SMILES string of the molecule is CC(=O)N1c2ccncc2NC2=C(C(=O)CC(C)(C)C2)[C@H]1c1ccc(Cl)cc1Cl. The smallest absolute Gasteiger partial charge is 0.224 e. The minimum atomic E-state index is -0.646. The number of anilines is 2. The molecule has 1 aliphatic heterocycles. The average Bonchev–Trinajstić information content (AvgIpc) is 2.74. The number of nitrogens with zero attached hydrogens (tertiary/aromatic N) is 2. The number of carbonyl (C=O) groups excluding carboxylic acids is 2. The van der Waals surface area contributed by atoms with E-state index < -0.39 is 6.04 Å². The van der Waals surface area contributed by atoms with Gasteiger partial charge in [-0.25, -0.2) is 0 Å². The summed E-state index contributed by atoms with van der Waals surface area (Å²) in [5.74, 6) is -0.187. The number of amides is 1. The van der Waals surface area contributed by atoms with E-state index in [1.807, 2.05) is 0 Å². The molecule has 0 fully saturated rings. The molecule has 0 saturated carbocycles. The van der Waals surface area contributed by atoms with Gasteiger partial charge in [-0.2, -0.15) is 0 Å².